The fraction of sp³-hybridized carbons (Fsp3) is 1.00. The molecule has 0 aromatic carbocycles. The van der Waals surface area contributed by atoms with Crippen molar-refractivity contribution in [2.45, 2.75) is 30.9 Å². The first kappa shape index (κ1) is 5.93. The van der Waals surface area contributed by atoms with Crippen LogP contribution in [0, 0.1) is 17.8 Å². The van der Waals surface area contributed by atoms with Crippen molar-refractivity contribution in [1.82, 2.24) is 0 Å². The summed E-state index contributed by atoms with van der Waals surface area (Å²) in [5.74, 6) is 4.96. The molecule has 4 rings (SSSR count). The predicted octanol–water partition coefficient (Wildman–Crippen LogP) is 2.54. The lowest BCUT2D eigenvalue weighted by Gasteiger charge is -2.20. The van der Waals surface area contributed by atoms with Crippen molar-refractivity contribution in [3.63, 3.8) is 0 Å². The molecule has 0 nitrogen and oxygen atoms in total. The summed E-state index contributed by atoms with van der Waals surface area (Å²) in [5, 5.41) is 1.10. The summed E-state index contributed by atoms with van der Waals surface area (Å²) in [6.07, 6.45) is 6.33. The van der Waals surface area contributed by atoms with Crippen molar-refractivity contribution in [2.24, 2.45) is 17.8 Å². The molecule has 0 aromatic rings. The van der Waals surface area contributed by atoms with Gasteiger partial charge in [0.15, 0.2) is 0 Å². The van der Waals surface area contributed by atoms with E-state index in [-0.39, 0.29) is 0 Å². The molecule has 4 fully saturated rings. The minimum absolute atomic E-state index is 1.10. The Labute approximate surface area is 66.8 Å². The monoisotopic (exact) mass is 154 g/mol. The van der Waals surface area contributed by atoms with Gasteiger partial charge in [-0.2, -0.15) is 11.8 Å². The number of hydrogen-bond acceptors (Lipinski definition) is 1. The van der Waals surface area contributed by atoms with Crippen molar-refractivity contribution >= 4 is 11.8 Å². The summed E-state index contributed by atoms with van der Waals surface area (Å²) in [4.78, 5) is 0. The molecule has 2 heterocycles. The highest BCUT2D eigenvalue weighted by Gasteiger charge is 2.47. The third-order valence-electron chi connectivity index (χ3n) is 3.76. The second-order valence-corrected chi connectivity index (χ2v) is 5.53. The summed E-state index contributed by atoms with van der Waals surface area (Å²) < 4.78 is 0. The van der Waals surface area contributed by atoms with Crippen LogP contribution >= 0.6 is 11.8 Å². The fourth-order valence-corrected chi connectivity index (χ4v) is 4.89. The Morgan fingerprint density at radius 3 is 2.60 bits per heavy atom. The van der Waals surface area contributed by atoms with Crippen LogP contribution in [0.5, 0.6) is 0 Å². The largest absolute Gasteiger partial charge is 0.158 e. The van der Waals surface area contributed by atoms with Crippen molar-refractivity contribution in [1.29, 1.82) is 0 Å². The van der Waals surface area contributed by atoms with E-state index in [1.807, 2.05) is 0 Å². The molecule has 56 valence electrons. The lowest BCUT2D eigenvalue weighted by Crippen LogP contribution is -2.15. The van der Waals surface area contributed by atoms with Gasteiger partial charge in [-0.05, 0) is 49.2 Å². The second-order valence-electron chi connectivity index (χ2n) is 4.19. The van der Waals surface area contributed by atoms with E-state index in [0.29, 0.717) is 0 Å². The third-order valence-corrected chi connectivity index (χ3v) is 5.24. The van der Waals surface area contributed by atoms with E-state index in [9.17, 15) is 0 Å². The van der Waals surface area contributed by atoms with E-state index < -0.39 is 0 Å². The fourth-order valence-electron chi connectivity index (χ4n) is 3.27. The molecule has 0 amide bonds. The van der Waals surface area contributed by atoms with Gasteiger partial charge in [0.05, 0.1) is 0 Å². The van der Waals surface area contributed by atoms with Crippen LogP contribution in [0.3, 0.4) is 0 Å². The van der Waals surface area contributed by atoms with Gasteiger partial charge in [0.1, 0.15) is 0 Å². The first-order valence-electron chi connectivity index (χ1n) is 4.55. The Morgan fingerprint density at radius 1 is 0.900 bits per heavy atom. The summed E-state index contributed by atoms with van der Waals surface area (Å²) in [5.41, 5.74) is 0. The molecule has 4 bridgehead atoms. The number of fused-ring (bicyclic) bond motifs is 2. The molecular weight excluding hydrogens is 140 g/mol. The highest BCUT2D eigenvalue weighted by molar-refractivity contribution is 7.99. The standard InChI is InChI=1S/C9H14S/c1-2-10-9-5-7-4-8(9)3-6(1)7/h6-9H,1-5H2. The molecule has 0 aromatic heterocycles. The van der Waals surface area contributed by atoms with Crippen LogP contribution in [0.15, 0.2) is 0 Å². The van der Waals surface area contributed by atoms with Crippen LogP contribution in [-0.2, 0) is 0 Å². The zero-order valence-electron chi connectivity index (χ0n) is 6.25. The maximum atomic E-state index is 2.28. The van der Waals surface area contributed by atoms with Crippen molar-refractivity contribution in [3.8, 4) is 0 Å². The Hall–Kier alpha value is 0.350. The summed E-state index contributed by atoms with van der Waals surface area (Å²) in [6, 6.07) is 0. The molecule has 4 aliphatic rings. The van der Waals surface area contributed by atoms with Gasteiger partial charge >= 0.3 is 0 Å². The minimum Gasteiger partial charge on any atom is -0.158 e. The first-order chi connectivity index (χ1) is 4.93. The van der Waals surface area contributed by atoms with E-state index in [1.54, 1.807) is 25.7 Å². The molecule has 4 unspecified atom stereocenters. The smallest absolute Gasteiger partial charge is 0.00782 e. The lowest BCUT2D eigenvalue weighted by molar-refractivity contribution is 0.342. The van der Waals surface area contributed by atoms with E-state index in [4.69, 9.17) is 0 Å². The Morgan fingerprint density at radius 2 is 1.80 bits per heavy atom. The van der Waals surface area contributed by atoms with Crippen LogP contribution in [-0.4, -0.2) is 11.0 Å². The van der Waals surface area contributed by atoms with Gasteiger partial charge in [0.2, 0.25) is 0 Å². The van der Waals surface area contributed by atoms with Gasteiger partial charge in [-0.1, -0.05) is 0 Å². The highest BCUT2D eigenvalue weighted by Crippen LogP contribution is 2.56. The SMILES string of the molecule is C1CC2CC3CC2CC3S1. The van der Waals surface area contributed by atoms with Gasteiger partial charge < -0.3 is 0 Å². The van der Waals surface area contributed by atoms with Crippen molar-refractivity contribution in [3.05, 3.63) is 0 Å². The average molecular weight is 154 g/mol. The predicted molar refractivity (Wildman–Crippen MR) is 45.2 cm³/mol. The second kappa shape index (κ2) is 1.94. The van der Waals surface area contributed by atoms with Gasteiger partial charge in [-0.25, -0.2) is 0 Å². The van der Waals surface area contributed by atoms with Crippen LogP contribution in [0.4, 0.5) is 0 Å². The summed E-state index contributed by atoms with van der Waals surface area (Å²) >= 11 is 2.28. The van der Waals surface area contributed by atoms with Gasteiger partial charge in [0.25, 0.3) is 0 Å². The van der Waals surface area contributed by atoms with Crippen LogP contribution < -0.4 is 0 Å². The lowest BCUT2D eigenvalue weighted by atomic mass is 9.87. The van der Waals surface area contributed by atoms with Crippen LogP contribution in [0.25, 0.3) is 0 Å². The molecule has 0 radical (unpaired) electrons. The molecular formula is C9H14S. The Balaban J connectivity index is 1.96. The molecule has 0 spiro atoms. The molecule has 2 aliphatic carbocycles. The molecule has 2 aliphatic heterocycles. The molecule has 0 N–H and O–H groups in total. The maximum Gasteiger partial charge on any atom is 0.00782 e. The van der Waals surface area contributed by atoms with Gasteiger partial charge in [-0.3, -0.25) is 0 Å². The van der Waals surface area contributed by atoms with Gasteiger partial charge in [0, 0.05) is 5.25 Å². The molecule has 4 atom stereocenters. The normalized spacial score (nSPS) is 57.6. The van der Waals surface area contributed by atoms with Crippen molar-refractivity contribution < 1.29 is 0 Å². The van der Waals surface area contributed by atoms with E-state index in [1.165, 1.54) is 11.7 Å². The third kappa shape index (κ3) is 0.650. The highest BCUT2D eigenvalue weighted by atomic mass is 32.2. The quantitative estimate of drug-likeness (QED) is 0.516. The first-order valence-corrected chi connectivity index (χ1v) is 5.60. The van der Waals surface area contributed by atoms with E-state index in [2.05, 4.69) is 11.8 Å². The topological polar surface area (TPSA) is 0 Å². The van der Waals surface area contributed by atoms with Crippen LogP contribution in [0.2, 0.25) is 0 Å². The molecule has 2 saturated heterocycles. The van der Waals surface area contributed by atoms with Gasteiger partial charge in [-0.15, -0.1) is 0 Å². The summed E-state index contributed by atoms with van der Waals surface area (Å²) in [7, 11) is 0. The molecule has 1 heteroatoms. The maximum absolute atomic E-state index is 2.28. The van der Waals surface area contributed by atoms with E-state index in [0.717, 1.165) is 17.1 Å². The number of rotatable bonds is 0. The van der Waals surface area contributed by atoms with Crippen molar-refractivity contribution in [2.75, 3.05) is 5.75 Å². The minimum atomic E-state index is 1.10. The summed E-state index contributed by atoms with van der Waals surface area (Å²) in [6.45, 7) is 0. The molecule has 10 heavy (non-hydrogen) atoms. The van der Waals surface area contributed by atoms with E-state index >= 15 is 0 Å². The zero-order chi connectivity index (χ0) is 6.55. The molecule has 2 saturated carbocycles. The number of hydrogen-bond donors (Lipinski definition) is 0. The zero-order valence-corrected chi connectivity index (χ0v) is 7.07. The van der Waals surface area contributed by atoms with Crippen LogP contribution in [0.1, 0.15) is 25.7 Å². The number of thioether (sulfide) groups is 1. The Kier molecular flexibility index (Phi) is 1.15. The Bertz CT molecular complexity index is 135. The average Bonchev–Trinajstić information content (AvgIpc) is 2.35.